The SMILES string of the molecule is C#Cc1cccc(NCc2ccc(N(CC)CC)cc2)c1. The summed E-state index contributed by atoms with van der Waals surface area (Å²) in [6.45, 7) is 7.22. The van der Waals surface area contributed by atoms with E-state index in [4.69, 9.17) is 6.42 Å². The number of nitrogens with one attached hydrogen (secondary N) is 1. The van der Waals surface area contributed by atoms with Crippen molar-refractivity contribution in [2.75, 3.05) is 23.3 Å². The maximum Gasteiger partial charge on any atom is 0.0400 e. The Morgan fingerprint density at radius 3 is 2.38 bits per heavy atom. The van der Waals surface area contributed by atoms with Gasteiger partial charge in [-0.05, 0) is 49.7 Å². The zero-order valence-corrected chi connectivity index (χ0v) is 12.8. The van der Waals surface area contributed by atoms with Crippen molar-refractivity contribution in [2.24, 2.45) is 0 Å². The van der Waals surface area contributed by atoms with Crippen molar-refractivity contribution in [2.45, 2.75) is 20.4 Å². The predicted octanol–water partition coefficient (Wildman–Crippen LogP) is 4.13. The Morgan fingerprint density at radius 1 is 1.05 bits per heavy atom. The highest BCUT2D eigenvalue weighted by molar-refractivity contribution is 5.51. The van der Waals surface area contributed by atoms with Crippen LogP contribution in [0, 0.1) is 12.3 Å². The molecule has 0 aliphatic heterocycles. The second-order valence-corrected chi connectivity index (χ2v) is 4.92. The Balaban J connectivity index is 1.99. The van der Waals surface area contributed by atoms with Crippen molar-refractivity contribution >= 4 is 11.4 Å². The molecule has 0 unspecified atom stereocenters. The third kappa shape index (κ3) is 4.03. The number of rotatable bonds is 6. The summed E-state index contributed by atoms with van der Waals surface area (Å²) in [5, 5.41) is 3.40. The van der Waals surface area contributed by atoms with Gasteiger partial charge >= 0.3 is 0 Å². The second-order valence-electron chi connectivity index (χ2n) is 4.92. The molecule has 0 radical (unpaired) electrons. The van der Waals surface area contributed by atoms with Crippen molar-refractivity contribution in [1.29, 1.82) is 0 Å². The summed E-state index contributed by atoms with van der Waals surface area (Å²) in [5.41, 5.74) is 4.49. The van der Waals surface area contributed by atoms with Crippen LogP contribution in [0.3, 0.4) is 0 Å². The smallest absolute Gasteiger partial charge is 0.0400 e. The van der Waals surface area contributed by atoms with E-state index in [9.17, 15) is 0 Å². The number of benzene rings is 2. The number of anilines is 2. The molecular weight excluding hydrogens is 256 g/mol. The van der Waals surface area contributed by atoms with Crippen molar-refractivity contribution < 1.29 is 0 Å². The number of hydrogen-bond acceptors (Lipinski definition) is 2. The van der Waals surface area contributed by atoms with Crippen LogP contribution in [0.4, 0.5) is 11.4 Å². The normalized spacial score (nSPS) is 9.95. The molecule has 0 fully saturated rings. The van der Waals surface area contributed by atoms with Gasteiger partial charge in [0.2, 0.25) is 0 Å². The van der Waals surface area contributed by atoms with E-state index in [0.29, 0.717) is 0 Å². The largest absolute Gasteiger partial charge is 0.381 e. The van der Waals surface area contributed by atoms with Crippen LogP contribution in [0.5, 0.6) is 0 Å². The molecule has 2 rings (SSSR count). The third-order valence-corrected chi connectivity index (χ3v) is 3.59. The lowest BCUT2D eigenvalue weighted by Gasteiger charge is -2.21. The van der Waals surface area contributed by atoms with Crippen LogP contribution in [-0.4, -0.2) is 13.1 Å². The van der Waals surface area contributed by atoms with Gasteiger partial charge in [-0.25, -0.2) is 0 Å². The van der Waals surface area contributed by atoms with E-state index in [1.807, 2.05) is 24.3 Å². The first-order valence-electron chi connectivity index (χ1n) is 7.41. The van der Waals surface area contributed by atoms with Crippen molar-refractivity contribution in [3.8, 4) is 12.3 Å². The monoisotopic (exact) mass is 278 g/mol. The number of terminal acetylenes is 1. The van der Waals surface area contributed by atoms with Crippen LogP contribution in [0.2, 0.25) is 0 Å². The lowest BCUT2D eigenvalue weighted by atomic mass is 10.1. The molecule has 0 amide bonds. The number of hydrogen-bond donors (Lipinski definition) is 1. The van der Waals surface area contributed by atoms with Crippen LogP contribution in [0.25, 0.3) is 0 Å². The zero-order valence-electron chi connectivity index (χ0n) is 12.8. The molecule has 2 nitrogen and oxygen atoms in total. The Labute approximate surface area is 127 Å². The molecule has 108 valence electrons. The minimum atomic E-state index is 0.798. The highest BCUT2D eigenvalue weighted by Crippen LogP contribution is 2.16. The molecule has 1 N–H and O–H groups in total. The summed E-state index contributed by atoms with van der Waals surface area (Å²) in [7, 11) is 0. The Hall–Kier alpha value is -2.40. The fraction of sp³-hybridized carbons (Fsp3) is 0.263. The van der Waals surface area contributed by atoms with Gasteiger partial charge < -0.3 is 10.2 Å². The van der Waals surface area contributed by atoms with Gasteiger partial charge in [-0.3, -0.25) is 0 Å². The van der Waals surface area contributed by atoms with Gasteiger partial charge in [-0.2, -0.15) is 0 Å². The van der Waals surface area contributed by atoms with Crippen molar-refractivity contribution in [3.63, 3.8) is 0 Å². The van der Waals surface area contributed by atoms with Crippen molar-refractivity contribution in [3.05, 3.63) is 59.7 Å². The molecule has 0 bridgehead atoms. The summed E-state index contributed by atoms with van der Waals surface area (Å²) in [5.74, 6) is 2.65. The van der Waals surface area contributed by atoms with Gasteiger partial charge in [0.1, 0.15) is 0 Å². The first-order chi connectivity index (χ1) is 10.3. The Bertz CT molecular complexity index is 604. The van der Waals surface area contributed by atoms with Crippen LogP contribution < -0.4 is 10.2 Å². The maximum atomic E-state index is 5.41. The molecule has 0 saturated heterocycles. The summed E-state index contributed by atoms with van der Waals surface area (Å²) < 4.78 is 0. The standard InChI is InChI=1S/C19H22N2/c1-4-16-8-7-9-18(14-16)20-15-17-10-12-19(13-11-17)21(5-2)6-3/h1,7-14,20H,5-6,15H2,2-3H3. The maximum absolute atomic E-state index is 5.41. The average molecular weight is 278 g/mol. The van der Waals surface area contributed by atoms with E-state index in [1.54, 1.807) is 0 Å². The summed E-state index contributed by atoms with van der Waals surface area (Å²) in [6, 6.07) is 16.6. The van der Waals surface area contributed by atoms with Crippen molar-refractivity contribution in [1.82, 2.24) is 0 Å². The predicted molar refractivity (Wildman–Crippen MR) is 91.7 cm³/mol. The van der Waals surface area contributed by atoms with E-state index in [2.05, 4.69) is 54.3 Å². The molecule has 2 aromatic rings. The second kappa shape index (κ2) is 7.40. The molecule has 0 atom stereocenters. The third-order valence-electron chi connectivity index (χ3n) is 3.59. The topological polar surface area (TPSA) is 15.3 Å². The van der Waals surface area contributed by atoms with Crippen LogP contribution in [0.15, 0.2) is 48.5 Å². The first kappa shape index (κ1) is 15.0. The highest BCUT2D eigenvalue weighted by atomic mass is 15.1. The van der Waals surface area contributed by atoms with E-state index >= 15 is 0 Å². The molecule has 0 spiro atoms. The highest BCUT2D eigenvalue weighted by Gasteiger charge is 2.01. The van der Waals surface area contributed by atoms with Gasteiger partial charge in [0.05, 0.1) is 0 Å². The van der Waals surface area contributed by atoms with Gasteiger partial charge in [0.25, 0.3) is 0 Å². The summed E-state index contributed by atoms with van der Waals surface area (Å²) in [4.78, 5) is 2.34. The minimum absolute atomic E-state index is 0.798. The Kier molecular flexibility index (Phi) is 5.29. The van der Waals surface area contributed by atoms with Gasteiger partial charge in [0.15, 0.2) is 0 Å². The van der Waals surface area contributed by atoms with Gasteiger partial charge in [0, 0.05) is 36.6 Å². The fourth-order valence-electron chi connectivity index (χ4n) is 2.34. The Morgan fingerprint density at radius 2 is 1.76 bits per heavy atom. The zero-order chi connectivity index (χ0) is 15.1. The molecular formula is C19H22N2. The molecule has 0 heterocycles. The first-order valence-corrected chi connectivity index (χ1v) is 7.41. The molecule has 2 heteroatoms. The molecule has 0 saturated carbocycles. The van der Waals surface area contributed by atoms with Crippen LogP contribution in [0.1, 0.15) is 25.0 Å². The van der Waals surface area contributed by atoms with Crippen LogP contribution in [-0.2, 0) is 6.54 Å². The van der Waals surface area contributed by atoms with Gasteiger partial charge in [-0.15, -0.1) is 6.42 Å². The van der Waals surface area contributed by atoms with E-state index in [0.717, 1.165) is 30.9 Å². The molecule has 0 aliphatic rings. The fourth-order valence-corrected chi connectivity index (χ4v) is 2.34. The molecule has 2 aromatic carbocycles. The van der Waals surface area contributed by atoms with Gasteiger partial charge in [-0.1, -0.05) is 24.1 Å². The van der Waals surface area contributed by atoms with E-state index < -0.39 is 0 Å². The van der Waals surface area contributed by atoms with E-state index in [1.165, 1.54) is 11.3 Å². The summed E-state index contributed by atoms with van der Waals surface area (Å²) >= 11 is 0. The van der Waals surface area contributed by atoms with E-state index in [-0.39, 0.29) is 0 Å². The lowest BCUT2D eigenvalue weighted by Crippen LogP contribution is -2.21. The summed E-state index contributed by atoms with van der Waals surface area (Å²) in [6.07, 6.45) is 5.41. The molecule has 21 heavy (non-hydrogen) atoms. The number of nitrogens with zero attached hydrogens (tertiary/aromatic N) is 1. The van der Waals surface area contributed by atoms with Crippen LogP contribution >= 0.6 is 0 Å². The lowest BCUT2D eigenvalue weighted by molar-refractivity contribution is 0.865. The average Bonchev–Trinajstić information content (AvgIpc) is 2.55. The quantitative estimate of drug-likeness (QED) is 0.799. The molecule has 0 aromatic heterocycles. The molecule has 0 aliphatic carbocycles. The minimum Gasteiger partial charge on any atom is -0.381 e.